The number of pyridine rings is 1. The van der Waals surface area contributed by atoms with Gasteiger partial charge in [-0.25, -0.2) is 4.98 Å². The van der Waals surface area contributed by atoms with Crippen molar-refractivity contribution in [2.75, 3.05) is 0 Å². The summed E-state index contributed by atoms with van der Waals surface area (Å²) in [7, 11) is 0. The van der Waals surface area contributed by atoms with Crippen LogP contribution in [0.25, 0.3) is 10.9 Å². The van der Waals surface area contributed by atoms with Crippen LogP contribution in [-0.2, 0) is 6.42 Å². The van der Waals surface area contributed by atoms with Crippen LogP contribution < -0.4 is 5.73 Å². The summed E-state index contributed by atoms with van der Waals surface area (Å²) in [5, 5.41) is 8.65. The molecule has 0 radical (unpaired) electrons. The Labute approximate surface area is 127 Å². The Morgan fingerprint density at radius 3 is 2.77 bits per heavy atom. The van der Waals surface area contributed by atoms with Gasteiger partial charge >= 0.3 is 0 Å². The predicted molar refractivity (Wildman–Crippen MR) is 89.1 cm³/mol. The number of aromatic nitrogens is 1. The van der Waals surface area contributed by atoms with Crippen LogP contribution in [0.2, 0.25) is 0 Å². The fourth-order valence-electron chi connectivity index (χ4n) is 2.72. The van der Waals surface area contributed by atoms with E-state index in [-0.39, 0.29) is 5.84 Å². The van der Waals surface area contributed by atoms with Gasteiger partial charge in [0, 0.05) is 17.4 Å². The van der Waals surface area contributed by atoms with Gasteiger partial charge in [0.1, 0.15) is 5.84 Å². The molecule has 2 aromatic carbocycles. The zero-order valence-corrected chi connectivity index (χ0v) is 11.9. The Morgan fingerprint density at radius 1 is 1.05 bits per heavy atom. The van der Waals surface area contributed by atoms with Gasteiger partial charge in [-0.2, -0.15) is 0 Å². The van der Waals surface area contributed by atoms with Crippen molar-refractivity contribution in [2.24, 2.45) is 10.7 Å². The molecule has 0 atom stereocenters. The molecule has 0 aliphatic carbocycles. The van der Waals surface area contributed by atoms with Crippen molar-refractivity contribution in [3.05, 3.63) is 71.4 Å². The number of hydrogen-bond donors (Lipinski definition) is 2. The van der Waals surface area contributed by atoms with Crippen molar-refractivity contribution < 1.29 is 0 Å². The number of benzene rings is 2. The highest BCUT2D eigenvalue weighted by Crippen LogP contribution is 2.29. The molecule has 0 saturated heterocycles. The molecule has 106 valence electrons. The van der Waals surface area contributed by atoms with E-state index < -0.39 is 0 Å². The molecule has 3 N–H and O–H groups in total. The summed E-state index contributed by atoms with van der Waals surface area (Å²) < 4.78 is 0. The molecule has 4 rings (SSSR count). The first-order valence-electron chi connectivity index (χ1n) is 7.12. The molecule has 4 heteroatoms. The molecule has 0 unspecified atom stereocenters. The van der Waals surface area contributed by atoms with Crippen LogP contribution in [0.4, 0.5) is 5.69 Å². The normalized spacial score (nSPS) is 13.0. The summed E-state index contributed by atoms with van der Waals surface area (Å²) in [5.74, 6) is 0.0651. The third-order valence-electron chi connectivity index (χ3n) is 3.90. The molecule has 3 aromatic rings. The van der Waals surface area contributed by atoms with Crippen molar-refractivity contribution in [3.8, 4) is 0 Å². The predicted octanol–water partition coefficient (Wildman–Crippen LogP) is 3.20. The van der Waals surface area contributed by atoms with E-state index in [1.165, 1.54) is 0 Å². The topological polar surface area (TPSA) is 75.1 Å². The lowest BCUT2D eigenvalue weighted by Crippen LogP contribution is -2.10. The lowest BCUT2D eigenvalue weighted by molar-refractivity contribution is 1.31. The third kappa shape index (κ3) is 2.05. The van der Waals surface area contributed by atoms with Crippen molar-refractivity contribution in [1.82, 2.24) is 4.98 Å². The molecular formula is C18H14N4. The molecule has 0 saturated carbocycles. The summed E-state index contributed by atoms with van der Waals surface area (Å²) in [6, 6.07) is 17.9. The molecule has 1 aliphatic heterocycles. The number of nitrogens with two attached hydrogens (primary N) is 1. The standard InChI is InChI=1S/C18H14N4/c19-18(20)13-6-5-12-9-17(22-16(12)10-13)15-8-7-11-3-1-2-4-14(11)21-15/h1-8,10H,9H2,(H3,19,20). The van der Waals surface area contributed by atoms with E-state index in [9.17, 15) is 0 Å². The molecule has 2 heterocycles. The minimum Gasteiger partial charge on any atom is -0.384 e. The van der Waals surface area contributed by atoms with E-state index >= 15 is 0 Å². The maximum Gasteiger partial charge on any atom is 0.122 e. The molecule has 22 heavy (non-hydrogen) atoms. The second-order valence-electron chi connectivity index (χ2n) is 5.38. The highest BCUT2D eigenvalue weighted by molar-refractivity contribution is 6.07. The molecule has 0 fully saturated rings. The van der Waals surface area contributed by atoms with E-state index in [2.05, 4.69) is 17.1 Å². The zero-order valence-electron chi connectivity index (χ0n) is 11.9. The fraction of sp³-hybridized carbons (Fsp3) is 0.0556. The van der Waals surface area contributed by atoms with Gasteiger partial charge in [-0.05, 0) is 23.8 Å². The van der Waals surface area contributed by atoms with Crippen LogP contribution in [0.3, 0.4) is 0 Å². The van der Waals surface area contributed by atoms with Crippen LogP contribution in [0, 0.1) is 5.41 Å². The average molecular weight is 286 g/mol. The first-order valence-corrected chi connectivity index (χ1v) is 7.12. The van der Waals surface area contributed by atoms with E-state index in [1.54, 1.807) is 0 Å². The minimum atomic E-state index is 0.0651. The third-order valence-corrected chi connectivity index (χ3v) is 3.90. The molecule has 1 aromatic heterocycles. The van der Waals surface area contributed by atoms with Gasteiger partial charge in [-0.1, -0.05) is 36.4 Å². The second kappa shape index (κ2) is 4.77. The highest BCUT2D eigenvalue weighted by atomic mass is 14.8. The largest absolute Gasteiger partial charge is 0.384 e. The molecular weight excluding hydrogens is 272 g/mol. The number of amidine groups is 1. The number of fused-ring (bicyclic) bond motifs is 2. The molecule has 1 aliphatic rings. The van der Waals surface area contributed by atoms with Gasteiger partial charge in [-0.15, -0.1) is 0 Å². The van der Waals surface area contributed by atoms with Gasteiger partial charge in [0.15, 0.2) is 0 Å². The summed E-state index contributed by atoms with van der Waals surface area (Å²) in [6.07, 6.45) is 0.763. The first-order chi connectivity index (χ1) is 10.7. The first kappa shape index (κ1) is 12.7. The lowest BCUT2D eigenvalue weighted by Gasteiger charge is -2.02. The van der Waals surface area contributed by atoms with Gasteiger partial charge in [0.25, 0.3) is 0 Å². The van der Waals surface area contributed by atoms with E-state index in [1.807, 2.05) is 42.5 Å². The van der Waals surface area contributed by atoms with Crippen molar-refractivity contribution in [3.63, 3.8) is 0 Å². The van der Waals surface area contributed by atoms with Crippen LogP contribution in [0.5, 0.6) is 0 Å². The highest BCUT2D eigenvalue weighted by Gasteiger charge is 2.18. The number of para-hydroxylation sites is 1. The Kier molecular flexibility index (Phi) is 2.76. The lowest BCUT2D eigenvalue weighted by atomic mass is 10.0. The quantitative estimate of drug-likeness (QED) is 0.560. The molecule has 0 bridgehead atoms. The van der Waals surface area contributed by atoms with E-state index in [0.717, 1.165) is 40.0 Å². The Bertz CT molecular complexity index is 941. The monoisotopic (exact) mass is 286 g/mol. The van der Waals surface area contributed by atoms with Gasteiger partial charge in [-0.3, -0.25) is 10.4 Å². The number of rotatable bonds is 2. The van der Waals surface area contributed by atoms with Crippen LogP contribution in [-0.4, -0.2) is 16.5 Å². The number of aliphatic imine (C=N–C) groups is 1. The minimum absolute atomic E-state index is 0.0651. The maximum atomic E-state index is 7.52. The summed E-state index contributed by atoms with van der Waals surface area (Å²) >= 11 is 0. The summed E-state index contributed by atoms with van der Waals surface area (Å²) in [4.78, 5) is 9.37. The SMILES string of the molecule is N=C(N)c1ccc2c(c1)N=C(c1ccc3ccccc3n1)C2. The Balaban J connectivity index is 1.76. The van der Waals surface area contributed by atoms with Gasteiger partial charge in [0.2, 0.25) is 0 Å². The van der Waals surface area contributed by atoms with E-state index in [0.29, 0.717) is 5.56 Å². The van der Waals surface area contributed by atoms with Crippen LogP contribution >= 0.6 is 0 Å². The van der Waals surface area contributed by atoms with Gasteiger partial charge < -0.3 is 5.73 Å². The number of nitrogens with one attached hydrogen (secondary N) is 1. The summed E-state index contributed by atoms with van der Waals surface area (Å²) in [6.45, 7) is 0. The number of nitrogens with zero attached hydrogens (tertiary/aromatic N) is 2. The Hall–Kier alpha value is -3.01. The van der Waals surface area contributed by atoms with Crippen molar-refractivity contribution in [1.29, 1.82) is 5.41 Å². The maximum absolute atomic E-state index is 7.52. The summed E-state index contributed by atoms with van der Waals surface area (Å²) in [5.41, 5.74) is 11.1. The van der Waals surface area contributed by atoms with Crippen LogP contribution in [0.1, 0.15) is 16.8 Å². The second-order valence-corrected chi connectivity index (χ2v) is 5.38. The van der Waals surface area contributed by atoms with Crippen molar-refractivity contribution >= 4 is 28.1 Å². The molecule has 4 nitrogen and oxygen atoms in total. The van der Waals surface area contributed by atoms with E-state index in [4.69, 9.17) is 16.1 Å². The number of nitrogen functional groups attached to an aromatic ring is 1. The zero-order chi connectivity index (χ0) is 15.1. The number of hydrogen-bond acceptors (Lipinski definition) is 3. The van der Waals surface area contributed by atoms with Gasteiger partial charge in [0.05, 0.1) is 22.6 Å². The molecule has 0 spiro atoms. The molecule has 0 amide bonds. The van der Waals surface area contributed by atoms with Crippen LogP contribution in [0.15, 0.2) is 59.6 Å². The fourth-order valence-corrected chi connectivity index (χ4v) is 2.72. The average Bonchev–Trinajstić information content (AvgIpc) is 2.97. The van der Waals surface area contributed by atoms with Crippen molar-refractivity contribution in [2.45, 2.75) is 6.42 Å². The Morgan fingerprint density at radius 2 is 1.91 bits per heavy atom. The smallest absolute Gasteiger partial charge is 0.122 e.